The van der Waals surface area contributed by atoms with Crippen LogP contribution in [0.4, 0.5) is 0 Å². The Bertz CT molecular complexity index is 508. The number of hydrogen-bond donors (Lipinski definition) is 0. The van der Waals surface area contributed by atoms with Gasteiger partial charge in [-0.15, -0.1) is 0 Å². The lowest BCUT2D eigenvalue weighted by molar-refractivity contribution is -0.130. The second kappa shape index (κ2) is 4.40. The molecule has 116 valence electrons. The first-order chi connectivity index (χ1) is 9.88. The largest absolute Gasteiger partial charge is 0.299 e. The van der Waals surface area contributed by atoms with E-state index in [-0.39, 0.29) is 10.8 Å². The predicted octanol–water partition coefficient (Wildman–Crippen LogP) is 4.13. The Morgan fingerprint density at radius 1 is 1.33 bits per heavy atom. The molecule has 21 heavy (non-hydrogen) atoms. The zero-order valence-corrected chi connectivity index (χ0v) is 14.6. The zero-order chi connectivity index (χ0) is 15.0. The molecule has 1 saturated heterocycles. The van der Waals surface area contributed by atoms with Crippen LogP contribution in [0.2, 0.25) is 0 Å². The van der Waals surface area contributed by atoms with E-state index in [1.165, 1.54) is 43.4 Å². The highest BCUT2D eigenvalue weighted by atomic mass is 32.2. The van der Waals surface area contributed by atoms with Crippen LogP contribution in [-0.2, 0) is 15.7 Å². The van der Waals surface area contributed by atoms with Gasteiger partial charge in [-0.25, -0.2) is 0 Å². The van der Waals surface area contributed by atoms with Crippen molar-refractivity contribution in [2.45, 2.75) is 69.8 Å². The van der Waals surface area contributed by atoms with Gasteiger partial charge in [0.1, 0.15) is 22.0 Å². The molecule has 0 aromatic carbocycles. The maximum atomic E-state index is 13.1. The van der Waals surface area contributed by atoms with Crippen LogP contribution in [0.5, 0.6) is 0 Å². The van der Waals surface area contributed by atoms with Crippen molar-refractivity contribution in [1.82, 2.24) is 0 Å². The minimum absolute atomic E-state index is 0.0378. The third kappa shape index (κ3) is 1.63. The minimum atomic E-state index is 0.0378. The van der Waals surface area contributed by atoms with Crippen LogP contribution < -0.4 is 0 Å². The van der Waals surface area contributed by atoms with Gasteiger partial charge in [-0.05, 0) is 60.4 Å². The summed E-state index contributed by atoms with van der Waals surface area (Å²) in [6.07, 6.45) is 7.60. The molecule has 0 radical (unpaired) electrons. The number of carbonyl (C=O) groups excluding carboxylic acids is 1. The molecule has 0 N–H and O–H groups in total. The van der Waals surface area contributed by atoms with Gasteiger partial charge in [-0.2, -0.15) is 0 Å². The molecular formula is C19H29OS+. The Labute approximate surface area is 132 Å². The lowest BCUT2D eigenvalue weighted by atomic mass is 9.64. The molecule has 3 aliphatic carbocycles. The number of rotatable bonds is 3. The van der Waals surface area contributed by atoms with Gasteiger partial charge in [0, 0.05) is 18.8 Å². The van der Waals surface area contributed by atoms with Crippen molar-refractivity contribution < 1.29 is 4.79 Å². The van der Waals surface area contributed by atoms with Crippen LogP contribution in [-0.4, -0.2) is 22.0 Å². The van der Waals surface area contributed by atoms with Crippen LogP contribution in [0.25, 0.3) is 0 Å². The maximum Gasteiger partial charge on any atom is 0.144 e. The molecule has 1 heterocycles. The number of Topliss-reactive ketones (excluding diaryl/α,β-unsaturated/α-hetero) is 1. The second-order valence-corrected chi connectivity index (χ2v) is 11.1. The van der Waals surface area contributed by atoms with E-state index in [0.29, 0.717) is 27.8 Å². The summed E-state index contributed by atoms with van der Waals surface area (Å²) >= 11 is 0. The van der Waals surface area contributed by atoms with Gasteiger partial charge in [0.15, 0.2) is 0 Å². The molecule has 0 amide bonds. The van der Waals surface area contributed by atoms with Crippen molar-refractivity contribution in [3.8, 4) is 0 Å². The summed E-state index contributed by atoms with van der Waals surface area (Å²) in [5, 5.41) is 1.61. The highest BCUT2D eigenvalue weighted by Crippen LogP contribution is 2.70. The standard InChI is InChI=1S/C19H29OS/c1-12(2)11-21-15-6-5-13(9-15)17(21)19-8-7-14(10-16(19)20)18(19,3)4/h13-15,17H,1,5-11H2,2-4H3/q+1. The molecule has 1 nitrogen and oxygen atoms in total. The van der Waals surface area contributed by atoms with E-state index in [0.717, 1.165) is 17.6 Å². The highest BCUT2D eigenvalue weighted by Gasteiger charge is 2.75. The van der Waals surface area contributed by atoms with Crippen molar-refractivity contribution in [2.24, 2.45) is 22.7 Å². The van der Waals surface area contributed by atoms with Gasteiger partial charge in [0.25, 0.3) is 0 Å². The van der Waals surface area contributed by atoms with Crippen LogP contribution in [0, 0.1) is 22.7 Å². The summed E-state index contributed by atoms with van der Waals surface area (Å²) in [5.74, 6) is 3.35. The zero-order valence-electron chi connectivity index (χ0n) is 13.8. The summed E-state index contributed by atoms with van der Waals surface area (Å²) in [6, 6.07) is 0. The quantitative estimate of drug-likeness (QED) is 0.566. The second-order valence-electron chi connectivity index (χ2n) is 8.74. The van der Waals surface area contributed by atoms with Crippen LogP contribution in [0.1, 0.15) is 59.3 Å². The normalized spacial score (nSPS) is 50.0. The third-order valence-corrected chi connectivity index (χ3v) is 11.0. The van der Waals surface area contributed by atoms with E-state index in [1.807, 2.05) is 0 Å². The summed E-state index contributed by atoms with van der Waals surface area (Å²) < 4.78 is 0. The van der Waals surface area contributed by atoms with Gasteiger partial charge in [-0.1, -0.05) is 20.4 Å². The first-order valence-electron chi connectivity index (χ1n) is 8.74. The average molecular weight is 306 g/mol. The van der Waals surface area contributed by atoms with Gasteiger partial charge in [0.05, 0.1) is 5.41 Å². The minimum Gasteiger partial charge on any atom is -0.299 e. The van der Waals surface area contributed by atoms with E-state index >= 15 is 0 Å². The molecule has 4 fully saturated rings. The Kier molecular flexibility index (Phi) is 3.01. The Morgan fingerprint density at radius 3 is 2.67 bits per heavy atom. The van der Waals surface area contributed by atoms with Gasteiger partial charge in [0.2, 0.25) is 0 Å². The van der Waals surface area contributed by atoms with Crippen molar-refractivity contribution >= 4 is 16.7 Å². The van der Waals surface area contributed by atoms with E-state index in [4.69, 9.17) is 0 Å². The molecule has 0 aromatic rings. The topological polar surface area (TPSA) is 17.1 Å². The fraction of sp³-hybridized carbons (Fsp3) is 0.842. The molecule has 3 saturated carbocycles. The summed E-state index contributed by atoms with van der Waals surface area (Å²) in [5.41, 5.74) is 1.63. The molecule has 4 bridgehead atoms. The first kappa shape index (κ1) is 14.4. The van der Waals surface area contributed by atoms with E-state index < -0.39 is 0 Å². The number of carbonyl (C=O) groups is 1. The SMILES string of the molecule is C=C(C)C[S+]1C2CCC(C2)C1C12CCC(CC1=O)C2(C)C. The van der Waals surface area contributed by atoms with E-state index in [9.17, 15) is 4.79 Å². The van der Waals surface area contributed by atoms with Crippen molar-refractivity contribution in [2.75, 3.05) is 5.75 Å². The smallest absolute Gasteiger partial charge is 0.144 e. The fourth-order valence-electron chi connectivity index (χ4n) is 6.51. The molecule has 4 rings (SSSR count). The van der Waals surface area contributed by atoms with Crippen molar-refractivity contribution in [3.63, 3.8) is 0 Å². The number of hydrogen-bond acceptors (Lipinski definition) is 1. The number of ketones is 1. The van der Waals surface area contributed by atoms with Gasteiger partial charge >= 0.3 is 0 Å². The third-order valence-electron chi connectivity index (χ3n) is 7.49. The van der Waals surface area contributed by atoms with E-state index in [1.54, 1.807) is 0 Å². The Hall–Kier alpha value is -0.240. The molecule has 6 atom stereocenters. The van der Waals surface area contributed by atoms with Gasteiger partial charge < -0.3 is 0 Å². The number of fused-ring (bicyclic) bond motifs is 4. The van der Waals surface area contributed by atoms with Crippen molar-refractivity contribution in [1.29, 1.82) is 0 Å². The molecule has 2 heteroatoms. The molecule has 0 aromatic heterocycles. The maximum absolute atomic E-state index is 13.1. The Balaban J connectivity index is 1.77. The Morgan fingerprint density at radius 2 is 2.10 bits per heavy atom. The fourth-order valence-corrected chi connectivity index (χ4v) is 10.7. The highest BCUT2D eigenvalue weighted by molar-refractivity contribution is 7.98. The molecule has 1 aliphatic heterocycles. The lowest BCUT2D eigenvalue weighted by Gasteiger charge is -2.43. The molecule has 4 aliphatic rings. The predicted molar refractivity (Wildman–Crippen MR) is 90.5 cm³/mol. The van der Waals surface area contributed by atoms with Crippen LogP contribution >= 0.6 is 0 Å². The van der Waals surface area contributed by atoms with Gasteiger partial charge in [-0.3, -0.25) is 4.79 Å². The first-order valence-corrected chi connectivity index (χ1v) is 10.3. The van der Waals surface area contributed by atoms with Crippen molar-refractivity contribution in [3.05, 3.63) is 12.2 Å². The summed E-state index contributed by atoms with van der Waals surface area (Å²) in [4.78, 5) is 13.1. The summed E-state index contributed by atoms with van der Waals surface area (Å²) in [7, 11) is 0.427. The van der Waals surface area contributed by atoms with Crippen LogP contribution in [0.3, 0.4) is 0 Å². The molecule has 6 unspecified atom stereocenters. The molecule has 0 spiro atoms. The average Bonchev–Trinajstić information content (AvgIpc) is 3.08. The monoisotopic (exact) mass is 305 g/mol. The molecular weight excluding hydrogens is 276 g/mol. The van der Waals surface area contributed by atoms with E-state index in [2.05, 4.69) is 27.4 Å². The lowest BCUT2D eigenvalue weighted by Crippen LogP contribution is -2.53. The van der Waals surface area contributed by atoms with Crippen LogP contribution in [0.15, 0.2) is 12.2 Å². The summed E-state index contributed by atoms with van der Waals surface area (Å²) in [6.45, 7) is 11.2.